The van der Waals surface area contributed by atoms with E-state index in [-0.39, 0.29) is 5.91 Å². The van der Waals surface area contributed by atoms with Gasteiger partial charge in [0.15, 0.2) is 5.69 Å². The number of anilines is 1. The fraction of sp³-hybridized carbons (Fsp3) is 0.316. The molecular formula is C19H21N5O. The number of benzene rings is 1. The van der Waals surface area contributed by atoms with E-state index in [0.717, 1.165) is 30.5 Å². The molecule has 1 aromatic carbocycles. The van der Waals surface area contributed by atoms with E-state index >= 15 is 0 Å². The van der Waals surface area contributed by atoms with Crippen molar-refractivity contribution in [2.75, 3.05) is 5.32 Å². The number of carbonyl (C=O) groups excluding carboxylic acids is 1. The number of hydrogen-bond acceptors (Lipinski definition) is 3. The molecule has 0 radical (unpaired) electrons. The number of hydrogen-bond donors (Lipinski definition) is 2. The van der Waals surface area contributed by atoms with Gasteiger partial charge in [-0.15, -0.1) is 0 Å². The van der Waals surface area contributed by atoms with E-state index in [2.05, 4.69) is 39.7 Å². The van der Waals surface area contributed by atoms with Crippen LogP contribution in [0.4, 0.5) is 5.69 Å². The SMILES string of the molecule is CC1CCc2[nH]nc(C(=O)Nc3cnn(Cc4ccccc4)c3)c2C1. The molecule has 6 heteroatoms. The van der Waals surface area contributed by atoms with Crippen LogP contribution in [0.25, 0.3) is 0 Å². The molecule has 2 N–H and O–H groups in total. The van der Waals surface area contributed by atoms with Gasteiger partial charge >= 0.3 is 0 Å². The van der Waals surface area contributed by atoms with Gasteiger partial charge in [-0.25, -0.2) is 0 Å². The highest BCUT2D eigenvalue weighted by Crippen LogP contribution is 2.26. The van der Waals surface area contributed by atoms with Gasteiger partial charge in [0.05, 0.1) is 18.4 Å². The summed E-state index contributed by atoms with van der Waals surface area (Å²) in [5.41, 5.74) is 4.52. The van der Waals surface area contributed by atoms with Crippen molar-refractivity contribution in [1.29, 1.82) is 0 Å². The summed E-state index contributed by atoms with van der Waals surface area (Å²) in [6.07, 6.45) is 6.52. The number of aryl methyl sites for hydroxylation is 1. The Balaban J connectivity index is 1.46. The third kappa shape index (κ3) is 3.33. The molecule has 1 aliphatic carbocycles. The van der Waals surface area contributed by atoms with Crippen molar-refractivity contribution >= 4 is 11.6 Å². The predicted octanol–water partition coefficient (Wildman–Crippen LogP) is 3.03. The van der Waals surface area contributed by atoms with Crippen molar-refractivity contribution < 1.29 is 4.79 Å². The Morgan fingerprint density at radius 3 is 3.04 bits per heavy atom. The van der Waals surface area contributed by atoms with Crippen molar-refractivity contribution in [1.82, 2.24) is 20.0 Å². The minimum atomic E-state index is -0.175. The zero-order chi connectivity index (χ0) is 17.2. The fourth-order valence-corrected chi connectivity index (χ4v) is 3.33. The molecule has 25 heavy (non-hydrogen) atoms. The molecule has 0 aliphatic heterocycles. The number of H-pyrrole nitrogens is 1. The summed E-state index contributed by atoms with van der Waals surface area (Å²) in [6.45, 7) is 2.89. The Hall–Kier alpha value is -2.89. The number of nitrogens with zero attached hydrogens (tertiary/aromatic N) is 3. The van der Waals surface area contributed by atoms with Crippen LogP contribution >= 0.6 is 0 Å². The number of fused-ring (bicyclic) bond motifs is 1. The zero-order valence-corrected chi connectivity index (χ0v) is 14.2. The van der Waals surface area contributed by atoms with Crippen molar-refractivity contribution in [3.05, 3.63) is 65.2 Å². The summed E-state index contributed by atoms with van der Waals surface area (Å²) in [7, 11) is 0. The van der Waals surface area contributed by atoms with Crippen LogP contribution in [-0.4, -0.2) is 25.9 Å². The Morgan fingerprint density at radius 1 is 1.36 bits per heavy atom. The van der Waals surface area contributed by atoms with E-state index in [4.69, 9.17) is 0 Å². The molecule has 2 heterocycles. The van der Waals surface area contributed by atoms with Crippen LogP contribution in [0.5, 0.6) is 0 Å². The molecule has 1 amide bonds. The molecule has 0 saturated heterocycles. The van der Waals surface area contributed by atoms with Gasteiger partial charge in [-0.05, 0) is 30.7 Å². The fourth-order valence-electron chi connectivity index (χ4n) is 3.33. The van der Waals surface area contributed by atoms with Gasteiger partial charge in [-0.1, -0.05) is 37.3 Å². The molecule has 1 unspecified atom stereocenters. The van der Waals surface area contributed by atoms with E-state index < -0.39 is 0 Å². The molecule has 1 atom stereocenters. The predicted molar refractivity (Wildman–Crippen MR) is 95.5 cm³/mol. The molecule has 0 bridgehead atoms. The first-order chi connectivity index (χ1) is 12.2. The lowest BCUT2D eigenvalue weighted by atomic mass is 9.87. The molecular weight excluding hydrogens is 314 g/mol. The maximum atomic E-state index is 12.6. The molecule has 0 fully saturated rings. The van der Waals surface area contributed by atoms with Crippen LogP contribution in [0.15, 0.2) is 42.7 Å². The Labute approximate surface area is 146 Å². The summed E-state index contributed by atoms with van der Waals surface area (Å²) >= 11 is 0. The van der Waals surface area contributed by atoms with E-state index in [0.29, 0.717) is 23.8 Å². The van der Waals surface area contributed by atoms with Gasteiger partial charge < -0.3 is 5.32 Å². The molecule has 0 saturated carbocycles. The van der Waals surface area contributed by atoms with Crippen molar-refractivity contribution in [3.8, 4) is 0 Å². The highest BCUT2D eigenvalue weighted by molar-refractivity contribution is 6.03. The van der Waals surface area contributed by atoms with Gasteiger partial charge in [0.25, 0.3) is 5.91 Å². The van der Waals surface area contributed by atoms with Crippen LogP contribution in [0.1, 0.15) is 40.7 Å². The highest BCUT2D eigenvalue weighted by Gasteiger charge is 2.24. The first kappa shape index (κ1) is 15.6. The second-order valence-electron chi connectivity index (χ2n) is 6.74. The number of rotatable bonds is 4. The minimum Gasteiger partial charge on any atom is -0.318 e. The number of amides is 1. The molecule has 4 rings (SSSR count). The lowest BCUT2D eigenvalue weighted by Crippen LogP contribution is -2.17. The van der Waals surface area contributed by atoms with Crippen LogP contribution in [0.3, 0.4) is 0 Å². The first-order valence-electron chi connectivity index (χ1n) is 8.63. The van der Waals surface area contributed by atoms with E-state index in [1.165, 1.54) is 5.56 Å². The smallest absolute Gasteiger partial charge is 0.276 e. The summed E-state index contributed by atoms with van der Waals surface area (Å²) in [6, 6.07) is 10.1. The highest BCUT2D eigenvalue weighted by atomic mass is 16.2. The van der Waals surface area contributed by atoms with Gasteiger partial charge in [0, 0.05) is 17.5 Å². The number of aromatic amines is 1. The van der Waals surface area contributed by atoms with Crippen LogP contribution in [-0.2, 0) is 19.4 Å². The standard InChI is InChI=1S/C19H21N5O/c1-13-7-8-17-16(9-13)18(23-22-17)19(25)21-15-10-20-24(12-15)11-14-5-3-2-4-6-14/h2-6,10,12-13H,7-9,11H2,1H3,(H,21,25)(H,22,23). The number of aromatic nitrogens is 4. The van der Waals surface area contributed by atoms with Crippen molar-refractivity contribution in [2.45, 2.75) is 32.7 Å². The Bertz CT molecular complexity index is 880. The Morgan fingerprint density at radius 2 is 2.20 bits per heavy atom. The summed E-state index contributed by atoms with van der Waals surface area (Å²) < 4.78 is 1.81. The monoisotopic (exact) mass is 335 g/mol. The van der Waals surface area contributed by atoms with Crippen LogP contribution < -0.4 is 5.32 Å². The lowest BCUT2D eigenvalue weighted by Gasteiger charge is -2.17. The minimum absolute atomic E-state index is 0.175. The largest absolute Gasteiger partial charge is 0.318 e. The van der Waals surface area contributed by atoms with E-state index in [9.17, 15) is 4.79 Å². The summed E-state index contributed by atoms with van der Waals surface area (Å²) in [5, 5.41) is 14.5. The van der Waals surface area contributed by atoms with Crippen molar-refractivity contribution in [2.24, 2.45) is 5.92 Å². The quantitative estimate of drug-likeness (QED) is 0.769. The van der Waals surface area contributed by atoms with Gasteiger partial charge in [-0.2, -0.15) is 10.2 Å². The summed E-state index contributed by atoms with van der Waals surface area (Å²) in [4.78, 5) is 12.6. The van der Waals surface area contributed by atoms with E-state index in [1.54, 1.807) is 6.20 Å². The average Bonchev–Trinajstić information content (AvgIpc) is 3.22. The molecule has 1 aliphatic rings. The number of carbonyl (C=O) groups is 1. The van der Waals surface area contributed by atoms with Gasteiger partial charge in [0.1, 0.15) is 0 Å². The topological polar surface area (TPSA) is 75.6 Å². The molecule has 128 valence electrons. The lowest BCUT2D eigenvalue weighted by molar-refractivity contribution is 0.102. The third-order valence-electron chi connectivity index (χ3n) is 4.69. The second kappa shape index (κ2) is 6.55. The van der Waals surface area contributed by atoms with Crippen LogP contribution in [0, 0.1) is 5.92 Å². The Kier molecular flexibility index (Phi) is 4.09. The van der Waals surface area contributed by atoms with Crippen molar-refractivity contribution in [3.63, 3.8) is 0 Å². The number of nitrogens with one attached hydrogen (secondary N) is 2. The molecule has 3 aromatic rings. The molecule has 0 spiro atoms. The maximum Gasteiger partial charge on any atom is 0.276 e. The first-order valence-corrected chi connectivity index (χ1v) is 8.63. The van der Waals surface area contributed by atoms with Crippen LogP contribution in [0.2, 0.25) is 0 Å². The molecule has 6 nitrogen and oxygen atoms in total. The summed E-state index contributed by atoms with van der Waals surface area (Å²) in [5.74, 6) is 0.413. The zero-order valence-electron chi connectivity index (χ0n) is 14.2. The van der Waals surface area contributed by atoms with Gasteiger partial charge in [0.2, 0.25) is 0 Å². The van der Waals surface area contributed by atoms with E-state index in [1.807, 2.05) is 29.1 Å². The molecule has 2 aromatic heterocycles. The maximum absolute atomic E-state index is 12.6. The normalized spacial score (nSPS) is 16.4. The third-order valence-corrected chi connectivity index (χ3v) is 4.69. The average molecular weight is 335 g/mol. The van der Waals surface area contributed by atoms with Gasteiger partial charge in [-0.3, -0.25) is 14.6 Å². The second-order valence-corrected chi connectivity index (χ2v) is 6.74.